The zero-order valence-electron chi connectivity index (χ0n) is 15.2. The van der Waals surface area contributed by atoms with E-state index in [1.54, 1.807) is 0 Å². The summed E-state index contributed by atoms with van der Waals surface area (Å²) in [6, 6.07) is 6.55. The molecule has 4 nitrogen and oxygen atoms in total. The molecule has 0 amide bonds. The quantitative estimate of drug-likeness (QED) is 0.829. The SMILES string of the molecule is Cn1cc(-c2ccc3c(c2)[C@]2(C)[C@](C)(CO3)[C@]2(C)C2=CCC=N2)cn1. The first-order valence-corrected chi connectivity index (χ1v) is 8.91. The molecule has 1 saturated carbocycles. The molecule has 0 radical (unpaired) electrons. The van der Waals surface area contributed by atoms with Crippen molar-refractivity contribution >= 4 is 6.21 Å². The van der Waals surface area contributed by atoms with Gasteiger partial charge in [0.25, 0.3) is 0 Å². The van der Waals surface area contributed by atoms with Crippen LogP contribution in [0.4, 0.5) is 0 Å². The van der Waals surface area contributed by atoms with E-state index in [9.17, 15) is 0 Å². The number of allylic oxidation sites excluding steroid dienone is 2. The van der Waals surface area contributed by atoms with Gasteiger partial charge >= 0.3 is 0 Å². The maximum atomic E-state index is 6.20. The van der Waals surface area contributed by atoms with Crippen LogP contribution >= 0.6 is 0 Å². The van der Waals surface area contributed by atoms with Crippen LogP contribution in [0.2, 0.25) is 0 Å². The topological polar surface area (TPSA) is 39.4 Å². The summed E-state index contributed by atoms with van der Waals surface area (Å²) in [4.78, 5) is 4.71. The average molecular weight is 333 g/mol. The lowest BCUT2D eigenvalue weighted by Crippen LogP contribution is -2.25. The number of aryl methyl sites for hydroxylation is 1. The van der Waals surface area contributed by atoms with E-state index in [0.717, 1.165) is 24.3 Å². The highest BCUT2D eigenvalue weighted by molar-refractivity contribution is 5.71. The number of nitrogens with zero attached hydrogens (tertiary/aromatic N) is 3. The van der Waals surface area contributed by atoms with Crippen molar-refractivity contribution in [1.82, 2.24) is 9.78 Å². The number of ether oxygens (including phenoxy) is 1. The fourth-order valence-corrected chi connectivity index (χ4v) is 5.33. The van der Waals surface area contributed by atoms with E-state index in [1.807, 2.05) is 24.1 Å². The molecule has 0 unspecified atom stereocenters. The predicted molar refractivity (Wildman–Crippen MR) is 98.9 cm³/mol. The smallest absolute Gasteiger partial charge is 0.123 e. The van der Waals surface area contributed by atoms with Crippen molar-refractivity contribution < 1.29 is 4.74 Å². The number of hydrogen-bond acceptors (Lipinski definition) is 3. The average Bonchev–Trinajstić information content (AvgIpc) is 3.14. The zero-order valence-corrected chi connectivity index (χ0v) is 15.2. The second kappa shape index (κ2) is 4.43. The molecule has 5 rings (SSSR count). The monoisotopic (exact) mass is 333 g/mol. The minimum absolute atomic E-state index is 0.00577. The molecule has 1 aromatic heterocycles. The number of aliphatic imine (C=N–C) groups is 1. The van der Waals surface area contributed by atoms with Crippen molar-refractivity contribution in [3.63, 3.8) is 0 Å². The molecule has 0 spiro atoms. The van der Waals surface area contributed by atoms with Crippen LogP contribution in [-0.4, -0.2) is 22.6 Å². The number of fused-ring (bicyclic) bond motifs is 3. The first-order valence-electron chi connectivity index (χ1n) is 8.91. The van der Waals surface area contributed by atoms with Gasteiger partial charge in [-0.3, -0.25) is 9.67 Å². The van der Waals surface area contributed by atoms with Crippen LogP contribution in [0.15, 0.2) is 47.4 Å². The van der Waals surface area contributed by atoms with Gasteiger partial charge < -0.3 is 4.74 Å². The number of benzene rings is 1. The lowest BCUT2D eigenvalue weighted by Gasteiger charge is -2.28. The molecule has 1 fully saturated rings. The fourth-order valence-electron chi connectivity index (χ4n) is 5.33. The molecular weight excluding hydrogens is 310 g/mol. The van der Waals surface area contributed by atoms with Gasteiger partial charge in [0.15, 0.2) is 0 Å². The predicted octanol–water partition coefficient (Wildman–Crippen LogP) is 4.12. The van der Waals surface area contributed by atoms with Gasteiger partial charge in [-0.05, 0) is 17.7 Å². The number of aromatic nitrogens is 2. The normalized spacial score (nSPS) is 35.0. The molecule has 25 heavy (non-hydrogen) atoms. The molecule has 3 atom stereocenters. The van der Waals surface area contributed by atoms with E-state index < -0.39 is 0 Å². The molecular formula is C21H23N3O. The molecule has 3 aliphatic rings. The summed E-state index contributed by atoms with van der Waals surface area (Å²) in [5.41, 5.74) is 4.95. The maximum Gasteiger partial charge on any atom is 0.123 e. The van der Waals surface area contributed by atoms with Crippen molar-refractivity contribution in [3.8, 4) is 16.9 Å². The lowest BCUT2D eigenvalue weighted by molar-refractivity contribution is 0.193. The Hall–Kier alpha value is -2.36. The third-order valence-electron chi connectivity index (χ3n) is 7.38. The van der Waals surface area contributed by atoms with E-state index in [0.29, 0.717) is 0 Å². The Morgan fingerprint density at radius 3 is 2.64 bits per heavy atom. The third-order valence-corrected chi connectivity index (χ3v) is 7.38. The number of rotatable bonds is 2. The van der Waals surface area contributed by atoms with Crippen LogP contribution in [0, 0.1) is 10.8 Å². The largest absolute Gasteiger partial charge is 0.493 e. The van der Waals surface area contributed by atoms with Crippen LogP contribution in [0.25, 0.3) is 11.1 Å². The second-order valence-electron chi connectivity index (χ2n) is 8.12. The van der Waals surface area contributed by atoms with E-state index in [1.165, 1.54) is 16.8 Å². The second-order valence-corrected chi connectivity index (χ2v) is 8.12. The summed E-state index contributed by atoms with van der Waals surface area (Å²) >= 11 is 0. The Balaban J connectivity index is 1.68. The summed E-state index contributed by atoms with van der Waals surface area (Å²) in [7, 11) is 1.95. The molecule has 4 heteroatoms. The van der Waals surface area contributed by atoms with Crippen molar-refractivity contribution in [2.24, 2.45) is 22.9 Å². The van der Waals surface area contributed by atoms with Crippen molar-refractivity contribution in [3.05, 3.63) is 47.9 Å². The number of hydrogen-bond donors (Lipinski definition) is 0. The van der Waals surface area contributed by atoms with E-state index in [-0.39, 0.29) is 16.2 Å². The van der Waals surface area contributed by atoms with Crippen LogP contribution in [-0.2, 0) is 12.5 Å². The van der Waals surface area contributed by atoms with Gasteiger partial charge in [-0.2, -0.15) is 5.10 Å². The molecule has 0 saturated heterocycles. The van der Waals surface area contributed by atoms with Gasteiger partial charge in [0.05, 0.1) is 12.8 Å². The van der Waals surface area contributed by atoms with E-state index in [4.69, 9.17) is 9.73 Å². The first kappa shape index (κ1) is 14.9. The van der Waals surface area contributed by atoms with Gasteiger partial charge in [0.2, 0.25) is 0 Å². The molecule has 2 aromatic rings. The summed E-state index contributed by atoms with van der Waals surface area (Å²) in [5, 5.41) is 4.31. The van der Waals surface area contributed by atoms with Crippen LogP contribution < -0.4 is 4.74 Å². The molecule has 2 aliphatic heterocycles. The van der Waals surface area contributed by atoms with Crippen LogP contribution in [0.1, 0.15) is 32.8 Å². The van der Waals surface area contributed by atoms with Gasteiger partial charge in [0.1, 0.15) is 5.75 Å². The standard InChI is InChI=1S/C21H23N3O/c1-19-13-25-17-8-7-14(15-11-23-24(4)12-15)10-16(17)20(19,2)21(19,3)18-6-5-9-22-18/h6-12H,5,13H2,1-4H3/t19-,20+,21-/m0/s1. The summed E-state index contributed by atoms with van der Waals surface area (Å²) in [6.45, 7) is 7.83. The first-order chi connectivity index (χ1) is 11.9. The molecule has 0 bridgehead atoms. The maximum absolute atomic E-state index is 6.20. The molecule has 3 heterocycles. The third kappa shape index (κ3) is 1.54. The van der Waals surface area contributed by atoms with Crippen molar-refractivity contribution in [2.45, 2.75) is 32.6 Å². The van der Waals surface area contributed by atoms with Crippen LogP contribution in [0.3, 0.4) is 0 Å². The summed E-state index contributed by atoms with van der Waals surface area (Å²) in [6.07, 6.45) is 9.22. The van der Waals surface area contributed by atoms with Crippen molar-refractivity contribution in [1.29, 1.82) is 0 Å². The van der Waals surface area contributed by atoms with Crippen molar-refractivity contribution in [2.75, 3.05) is 6.61 Å². The van der Waals surface area contributed by atoms with E-state index in [2.05, 4.69) is 56.3 Å². The zero-order chi connectivity index (χ0) is 17.4. The Morgan fingerprint density at radius 1 is 1.12 bits per heavy atom. The van der Waals surface area contributed by atoms with Gasteiger partial charge in [-0.1, -0.05) is 32.9 Å². The Morgan fingerprint density at radius 2 is 1.96 bits per heavy atom. The Kier molecular flexibility index (Phi) is 2.64. The van der Waals surface area contributed by atoms with Gasteiger partial charge in [0, 0.05) is 58.9 Å². The highest BCUT2D eigenvalue weighted by atomic mass is 16.5. The Bertz CT molecular complexity index is 956. The van der Waals surface area contributed by atoms with Crippen LogP contribution in [0.5, 0.6) is 5.75 Å². The highest BCUT2D eigenvalue weighted by Gasteiger charge is 2.83. The minimum Gasteiger partial charge on any atom is -0.493 e. The Labute approximate surface area is 148 Å². The summed E-state index contributed by atoms with van der Waals surface area (Å²) in [5.74, 6) is 1.01. The molecule has 128 valence electrons. The molecule has 1 aromatic carbocycles. The lowest BCUT2D eigenvalue weighted by atomic mass is 9.83. The van der Waals surface area contributed by atoms with Gasteiger partial charge in [-0.25, -0.2) is 0 Å². The van der Waals surface area contributed by atoms with E-state index >= 15 is 0 Å². The fraction of sp³-hybridized carbons (Fsp3) is 0.429. The highest BCUT2D eigenvalue weighted by Crippen LogP contribution is 2.83. The molecule has 1 aliphatic carbocycles. The summed E-state index contributed by atoms with van der Waals surface area (Å²) < 4.78 is 8.04. The van der Waals surface area contributed by atoms with Gasteiger partial charge in [-0.15, -0.1) is 0 Å². The minimum atomic E-state index is 0.00577. The molecule has 0 N–H and O–H groups in total.